The number of morpholine rings is 1. The molecule has 1 aliphatic rings. The monoisotopic (exact) mass is 336 g/mol. The zero-order valence-electron chi connectivity index (χ0n) is 13.4. The fraction of sp³-hybridized carbons (Fsp3) is 0.222. The summed E-state index contributed by atoms with van der Waals surface area (Å²) in [5.41, 5.74) is 1.37. The highest BCUT2D eigenvalue weighted by Crippen LogP contribution is 2.26. The zero-order valence-corrected chi connectivity index (χ0v) is 13.4. The molecule has 3 aromatic rings. The van der Waals surface area contributed by atoms with E-state index in [0.29, 0.717) is 37.0 Å². The molecule has 7 nitrogen and oxygen atoms in total. The smallest absolute Gasteiger partial charge is 0.257 e. The van der Waals surface area contributed by atoms with E-state index in [2.05, 4.69) is 15.1 Å². The second-order valence-corrected chi connectivity index (χ2v) is 5.65. The van der Waals surface area contributed by atoms with E-state index >= 15 is 0 Å². The van der Waals surface area contributed by atoms with E-state index in [1.165, 1.54) is 0 Å². The van der Waals surface area contributed by atoms with Gasteiger partial charge < -0.3 is 14.2 Å². The maximum absolute atomic E-state index is 12.8. The van der Waals surface area contributed by atoms with Gasteiger partial charge in [0, 0.05) is 24.5 Å². The summed E-state index contributed by atoms with van der Waals surface area (Å²) in [5, 5.41) is 4.07. The third kappa shape index (κ3) is 3.14. The summed E-state index contributed by atoms with van der Waals surface area (Å²) in [6, 6.07) is 12.6. The molecule has 25 heavy (non-hydrogen) atoms. The molecule has 1 aliphatic heterocycles. The number of pyridine rings is 1. The second kappa shape index (κ2) is 6.82. The number of nitrogens with zero attached hydrogens (tertiary/aromatic N) is 4. The quantitative estimate of drug-likeness (QED) is 0.730. The van der Waals surface area contributed by atoms with Crippen LogP contribution in [0.2, 0.25) is 0 Å². The maximum atomic E-state index is 12.8. The van der Waals surface area contributed by atoms with Gasteiger partial charge in [0.1, 0.15) is 6.04 Å². The molecule has 1 atom stereocenters. The highest BCUT2D eigenvalue weighted by molar-refractivity contribution is 5.94. The molecule has 0 N–H and O–H groups in total. The van der Waals surface area contributed by atoms with Crippen LogP contribution in [0.5, 0.6) is 0 Å². The molecule has 0 saturated carbocycles. The fourth-order valence-corrected chi connectivity index (χ4v) is 2.78. The van der Waals surface area contributed by atoms with Gasteiger partial charge in [-0.25, -0.2) is 0 Å². The molecule has 1 fully saturated rings. The summed E-state index contributed by atoms with van der Waals surface area (Å²) in [5.74, 6) is 0.748. The van der Waals surface area contributed by atoms with E-state index in [1.54, 1.807) is 29.4 Å². The minimum absolute atomic E-state index is 0.118. The van der Waals surface area contributed by atoms with E-state index in [4.69, 9.17) is 9.26 Å². The second-order valence-electron chi connectivity index (χ2n) is 5.65. The number of ether oxygens (including phenoxy) is 1. The molecule has 3 heterocycles. The molecule has 0 unspecified atom stereocenters. The molecule has 0 aliphatic carbocycles. The minimum Gasteiger partial charge on any atom is -0.377 e. The standard InChI is InChI=1S/C18H16N4O3/c23-18(14-7-4-8-19-11-14)22-9-10-24-12-15(22)16-20-17(25-21-16)13-5-2-1-3-6-13/h1-8,11,15H,9-10,12H2/t15-/m0/s1. The lowest BCUT2D eigenvalue weighted by molar-refractivity contribution is -0.00579. The lowest BCUT2D eigenvalue weighted by Crippen LogP contribution is -2.43. The highest BCUT2D eigenvalue weighted by Gasteiger charge is 2.33. The van der Waals surface area contributed by atoms with Crippen LogP contribution in [-0.4, -0.2) is 45.7 Å². The Balaban J connectivity index is 1.62. The molecule has 126 valence electrons. The summed E-state index contributed by atoms with van der Waals surface area (Å²) < 4.78 is 10.9. The number of rotatable bonds is 3. The molecule has 1 aromatic carbocycles. The Morgan fingerprint density at radius 2 is 2.04 bits per heavy atom. The van der Waals surface area contributed by atoms with Crippen molar-refractivity contribution in [3.8, 4) is 11.5 Å². The zero-order chi connectivity index (χ0) is 17.1. The molecule has 1 saturated heterocycles. The van der Waals surface area contributed by atoms with Crippen LogP contribution >= 0.6 is 0 Å². The first-order valence-corrected chi connectivity index (χ1v) is 8.01. The molecular weight excluding hydrogens is 320 g/mol. The number of aromatic nitrogens is 3. The van der Waals surface area contributed by atoms with Crippen LogP contribution in [0.1, 0.15) is 22.2 Å². The van der Waals surface area contributed by atoms with Gasteiger partial charge in [-0.2, -0.15) is 4.98 Å². The third-order valence-corrected chi connectivity index (χ3v) is 4.06. The van der Waals surface area contributed by atoms with E-state index in [0.717, 1.165) is 5.56 Å². The molecule has 1 amide bonds. The summed E-state index contributed by atoms with van der Waals surface area (Å²) in [7, 11) is 0. The largest absolute Gasteiger partial charge is 0.377 e. The molecule has 0 radical (unpaired) electrons. The lowest BCUT2D eigenvalue weighted by Gasteiger charge is -2.33. The van der Waals surface area contributed by atoms with Crippen molar-refractivity contribution in [3.05, 3.63) is 66.2 Å². The van der Waals surface area contributed by atoms with E-state index in [1.807, 2.05) is 30.3 Å². The van der Waals surface area contributed by atoms with Crippen LogP contribution in [0, 0.1) is 0 Å². The first-order chi connectivity index (χ1) is 12.3. The van der Waals surface area contributed by atoms with Crippen molar-refractivity contribution in [1.29, 1.82) is 0 Å². The normalized spacial score (nSPS) is 17.4. The van der Waals surface area contributed by atoms with E-state index in [9.17, 15) is 4.79 Å². The number of hydrogen-bond acceptors (Lipinski definition) is 6. The van der Waals surface area contributed by atoms with Crippen molar-refractivity contribution in [3.63, 3.8) is 0 Å². The summed E-state index contributed by atoms with van der Waals surface area (Å²) in [6.07, 6.45) is 3.19. The molecule has 4 rings (SSSR count). The number of amides is 1. The fourth-order valence-electron chi connectivity index (χ4n) is 2.78. The van der Waals surface area contributed by atoms with Crippen LogP contribution in [0.3, 0.4) is 0 Å². The number of hydrogen-bond donors (Lipinski definition) is 0. The van der Waals surface area contributed by atoms with Gasteiger partial charge in [0.05, 0.1) is 18.8 Å². The Morgan fingerprint density at radius 3 is 2.84 bits per heavy atom. The lowest BCUT2D eigenvalue weighted by atomic mass is 10.1. The predicted molar refractivity (Wildman–Crippen MR) is 88.6 cm³/mol. The molecule has 0 bridgehead atoms. The van der Waals surface area contributed by atoms with Gasteiger partial charge in [-0.3, -0.25) is 9.78 Å². The van der Waals surface area contributed by atoms with Crippen LogP contribution < -0.4 is 0 Å². The Hall–Kier alpha value is -3.06. The van der Waals surface area contributed by atoms with Crippen LogP contribution in [0.25, 0.3) is 11.5 Å². The van der Waals surface area contributed by atoms with Crippen molar-refractivity contribution in [2.75, 3.05) is 19.8 Å². The van der Waals surface area contributed by atoms with Crippen molar-refractivity contribution in [2.24, 2.45) is 0 Å². The van der Waals surface area contributed by atoms with Crippen molar-refractivity contribution < 1.29 is 14.1 Å². The van der Waals surface area contributed by atoms with Gasteiger partial charge in [0.15, 0.2) is 5.82 Å². The Kier molecular flexibility index (Phi) is 4.22. The van der Waals surface area contributed by atoms with Crippen molar-refractivity contribution >= 4 is 5.91 Å². The van der Waals surface area contributed by atoms with Gasteiger partial charge >= 0.3 is 0 Å². The van der Waals surface area contributed by atoms with Crippen LogP contribution in [0.15, 0.2) is 59.4 Å². The number of benzene rings is 1. The molecule has 2 aromatic heterocycles. The first-order valence-electron chi connectivity index (χ1n) is 8.01. The average molecular weight is 336 g/mol. The molecule has 0 spiro atoms. The first kappa shape index (κ1) is 15.5. The summed E-state index contributed by atoms with van der Waals surface area (Å²) in [6.45, 7) is 1.28. The predicted octanol–water partition coefficient (Wildman–Crippen LogP) is 2.35. The number of carbonyl (C=O) groups is 1. The number of carbonyl (C=O) groups excluding carboxylic acids is 1. The summed E-state index contributed by atoms with van der Waals surface area (Å²) in [4.78, 5) is 23.0. The van der Waals surface area contributed by atoms with Crippen LogP contribution in [0.4, 0.5) is 0 Å². The van der Waals surface area contributed by atoms with Gasteiger partial charge in [-0.15, -0.1) is 0 Å². The van der Waals surface area contributed by atoms with Gasteiger partial charge in [-0.05, 0) is 24.3 Å². The third-order valence-electron chi connectivity index (χ3n) is 4.06. The average Bonchev–Trinajstić information content (AvgIpc) is 3.19. The minimum atomic E-state index is -0.386. The SMILES string of the molecule is O=C(c1cccnc1)N1CCOC[C@H]1c1noc(-c2ccccc2)n1. The van der Waals surface area contributed by atoms with Crippen LogP contribution in [-0.2, 0) is 4.74 Å². The van der Waals surface area contributed by atoms with E-state index < -0.39 is 0 Å². The molecular formula is C18H16N4O3. The highest BCUT2D eigenvalue weighted by atomic mass is 16.5. The Morgan fingerprint density at radius 1 is 1.16 bits per heavy atom. The maximum Gasteiger partial charge on any atom is 0.257 e. The molecule has 7 heteroatoms. The Bertz CT molecular complexity index is 851. The van der Waals surface area contributed by atoms with Gasteiger partial charge in [0.2, 0.25) is 0 Å². The van der Waals surface area contributed by atoms with Gasteiger partial charge in [0.25, 0.3) is 11.8 Å². The van der Waals surface area contributed by atoms with Gasteiger partial charge in [-0.1, -0.05) is 23.4 Å². The van der Waals surface area contributed by atoms with Crippen molar-refractivity contribution in [2.45, 2.75) is 6.04 Å². The van der Waals surface area contributed by atoms with Crippen molar-refractivity contribution in [1.82, 2.24) is 20.0 Å². The topological polar surface area (TPSA) is 81.4 Å². The van der Waals surface area contributed by atoms with E-state index in [-0.39, 0.29) is 11.9 Å². The Labute approximate surface area is 144 Å². The summed E-state index contributed by atoms with van der Waals surface area (Å²) >= 11 is 0.